The molecule has 1 atom stereocenters. The van der Waals surface area contributed by atoms with Gasteiger partial charge in [-0.05, 0) is 30.5 Å². The van der Waals surface area contributed by atoms with Crippen LogP contribution in [0.4, 0.5) is 0 Å². The van der Waals surface area contributed by atoms with Gasteiger partial charge in [0.15, 0.2) is 0 Å². The molecule has 0 fully saturated rings. The lowest BCUT2D eigenvalue weighted by atomic mass is 9.98. The molecule has 0 amide bonds. The first kappa shape index (κ1) is 14.3. The highest BCUT2D eigenvalue weighted by atomic mass is 16.4. The minimum atomic E-state index is -0.852. The minimum absolute atomic E-state index is 0.533. The van der Waals surface area contributed by atoms with Crippen LogP contribution >= 0.6 is 0 Å². The van der Waals surface area contributed by atoms with Crippen LogP contribution in [0.5, 0.6) is 0 Å². The zero-order valence-corrected chi connectivity index (χ0v) is 11.8. The second kappa shape index (κ2) is 6.35. The molecule has 0 saturated heterocycles. The summed E-state index contributed by atoms with van der Waals surface area (Å²) in [4.78, 5) is 11.5. The van der Waals surface area contributed by atoms with Crippen LogP contribution in [0.25, 0.3) is 0 Å². The molecule has 0 saturated carbocycles. The van der Waals surface area contributed by atoms with E-state index in [9.17, 15) is 9.90 Å². The number of hydrogen-bond donors (Lipinski definition) is 2. The fraction of sp³-hybridized carbons (Fsp3) is 0.235. The van der Waals surface area contributed by atoms with Crippen molar-refractivity contribution in [1.82, 2.24) is 5.32 Å². The summed E-state index contributed by atoms with van der Waals surface area (Å²) in [5.41, 5.74) is 3.96. The van der Waals surface area contributed by atoms with E-state index in [4.69, 9.17) is 0 Å². The van der Waals surface area contributed by atoms with E-state index < -0.39 is 12.0 Å². The monoisotopic (exact) mass is 269 g/mol. The van der Waals surface area contributed by atoms with Crippen molar-refractivity contribution in [3.63, 3.8) is 0 Å². The molecule has 2 aromatic rings. The van der Waals surface area contributed by atoms with E-state index in [2.05, 4.69) is 5.32 Å². The average Bonchev–Trinajstić information content (AvgIpc) is 2.43. The summed E-state index contributed by atoms with van der Waals surface area (Å²) < 4.78 is 0. The Morgan fingerprint density at radius 1 is 1.15 bits per heavy atom. The van der Waals surface area contributed by atoms with E-state index in [-0.39, 0.29) is 0 Å². The number of benzene rings is 2. The third kappa shape index (κ3) is 3.45. The minimum Gasteiger partial charge on any atom is -0.480 e. The lowest BCUT2D eigenvalue weighted by Gasteiger charge is -2.17. The van der Waals surface area contributed by atoms with Gasteiger partial charge in [0.2, 0.25) is 0 Å². The molecular formula is C17H19NO2. The molecule has 2 rings (SSSR count). The molecule has 0 aromatic heterocycles. The topological polar surface area (TPSA) is 49.3 Å². The summed E-state index contributed by atoms with van der Waals surface area (Å²) in [5, 5.41) is 12.6. The fourth-order valence-corrected chi connectivity index (χ4v) is 2.22. The van der Waals surface area contributed by atoms with Gasteiger partial charge in [0, 0.05) is 6.54 Å². The molecule has 0 aliphatic heterocycles. The number of carboxylic acids is 1. The van der Waals surface area contributed by atoms with E-state index >= 15 is 0 Å². The van der Waals surface area contributed by atoms with Crippen molar-refractivity contribution in [3.8, 4) is 0 Å². The highest BCUT2D eigenvalue weighted by Crippen LogP contribution is 2.20. The Hall–Kier alpha value is -2.13. The smallest absolute Gasteiger partial charge is 0.325 e. The van der Waals surface area contributed by atoms with Crippen LogP contribution in [0, 0.1) is 13.8 Å². The van der Waals surface area contributed by atoms with Gasteiger partial charge >= 0.3 is 5.97 Å². The van der Waals surface area contributed by atoms with Gasteiger partial charge in [0.1, 0.15) is 6.04 Å². The van der Waals surface area contributed by atoms with Gasteiger partial charge in [-0.2, -0.15) is 0 Å². The normalized spacial score (nSPS) is 12.1. The van der Waals surface area contributed by atoms with Crippen LogP contribution in [-0.4, -0.2) is 11.1 Å². The predicted molar refractivity (Wildman–Crippen MR) is 79.6 cm³/mol. The van der Waals surface area contributed by atoms with Crippen molar-refractivity contribution in [2.45, 2.75) is 26.4 Å². The molecular weight excluding hydrogens is 250 g/mol. The number of aryl methyl sites for hydroxylation is 2. The van der Waals surface area contributed by atoms with Crippen molar-refractivity contribution < 1.29 is 9.90 Å². The van der Waals surface area contributed by atoms with Crippen LogP contribution < -0.4 is 5.32 Å². The number of carbonyl (C=O) groups is 1. The largest absolute Gasteiger partial charge is 0.480 e. The quantitative estimate of drug-likeness (QED) is 0.876. The van der Waals surface area contributed by atoms with Crippen molar-refractivity contribution in [1.29, 1.82) is 0 Å². The number of nitrogens with one attached hydrogen (secondary N) is 1. The summed E-state index contributed by atoms with van der Waals surface area (Å²) in [6.45, 7) is 4.44. The second-order valence-corrected chi connectivity index (χ2v) is 5.00. The van der Waals surface area contributed by atoms with E-state index in [0.29, 0.717) is 6.54 Å². The van der Waals surface area contributed by atoms with Crippen molar-refractivity contribution >= 4 is 5.97 Å². The Kier molecular flexibility index (Phi) is 4.53. The van der Waals surface area contributed by atoms with E-state index in [1.165, 1.54) is 0 Å². The van der Waals surface area contributed by atoms with Gasteiger partial charge in [0.05, 0.1) is 0 Å². The third-order valence-corrected chi connectivity index (χ3v) is 3.35. The zero-order valence-electron chi connectivity index (χ0n) is 11.8. The number of hydrogen-bond acceptors (Lipinski definition) is 2. The molecule has 3 heteroatoms. The molecule has 104 valence electrons. The Labute approximate surface area is 119 Å². The standard InChI is InChI=1S/C17H19NO2/c1-12-8-9-13(2)15(10-12)16(17(19)20)18-11-14-6-4-3-5-7-14/h3-10,16,18H,11H2,1-2H3,(H,19,20). The summed E-state index contributed by atoms with van der Waals surface area (Å²) in [7, 11) is 0. The van der Waals surface area contributed by atoms with Gasteiger partial charge < -0.3 is 5.11 Å². The second-order valence-electron chi connectivity index (χ2n) is 5.00. The molecule has 0 aliphatic carbocycles. The Morgan fingerprint density at radius 2 is 1.85 bits per heavy atom. The van der Waals surface area contributed by atoms with Crippen LogP contribution in [-0.2, 0) is 11.3 Å². The number of rotatable bonds is 5. The molecule has 20 heavy (non-hydrogen) atoms. The highest BCUT2D eigenvalue weighted by Gasteiger charge is 2.20. The van der Waals surface area contributed by atoms with Crippen LogP contribution in [0.1, 0.15) is 28.3 Å². The van der Waals surface area contributed by atoms with E-state index in [1.807, 2.05) is 62.4 Å². The Bertz CT molecular complexity index is 593. The molecule has 2 N–H and O–H groups in total. The van der Waals surface area contributed by atoms with E-state index in [0.717, 1.165) is 22.3 Å². The van der Waals surface area contributed by atoms with Crippen molar-refractivity contribution in [3.05, 3.63) is 70.8 Å². The first-order valence-corrected chi connectivity index (χ1v) is 6.65. The maximum atomic E-state index is 11.5. The summed E-state index contributed by atoms with van der Waals surface area (Å²) in [6, 6.07) is 15.0. The van der Waals surface area contributed by atoms with Gasteiger partial charge in [-0.25, -0.2) is 0 Å². The molecule has 0 spiro atoms. The fourth-order valence-electron chi connectivity index (χ4n) is 2.22. The molecule has 0 heterocycles. The third-order valence-electron chi connectivity index (χ3n) is 3.35. The lowest BCUT2D eigenvalue weighted by Crippen LogP contribution is -2.28. The van der Waals surface area contributed by atoms with Crippen molar-refractivity contribution in [2.75, 3.05) is 0 Å². The maximum Gasteiger partial charge on any atom is 0.325 e. The highest BCUT2D eigenvalue weighted by molar-refractivity contribution is 5.76. The summed E-state index contributed by atoms with van der Waals surface area (Å²) in [6.07, 6.45) is 0. The van der Waals surface area contributed by atoms with Crippen LogP contribution in [0.2, 0.25) is 0 Å². The Balaban J connectivity index is 2.19. The molecule has 1 unspecified atom stereocenters. The molecule has 0 radical (unpaired) electrons. The van der Waals surface area contributed by atoms with Crippen molar-refractivity contribution in [2.24, 2.45) is 0 Å². The first-order valence-electron chi connectivity index (χ1n) is 6.65. The number of aliphatic carboxylic acids is 1. The SMILES string of the molecule is Cc1ccc(C)c(C(NCc2ccccc2)C(=O)O)c1. The van der Waals surface area contributed by atoms with Gasteiger partial charge in [0.25, 0.3) is 0 Å². The van der Waals surface area contributed by atoms with Gasteiger partial charge in [-0.3, -0.25) is 10.1 Å². The predicted octanol–water partition coefficient (Wildman–Crippen LogP) is 3.22. The molecule has 0 aliphatic rings. The molecule has 3 nitrogen and oxygen atoms in total. The summed E-state index contributed by atoms with van der Waals surface area (Å²) >= 11 is 0. The lowest BCUT2D eigenvalue weighted by molar-refractivity contribution is -0.139. The van der Waals surface area contributed by atoms with E-state index in [1.54, 1.807) is 0 Å². The molecule has 0 bridgehead atoms. The van der Waals surface area contributed by atoms with Crippen LogP contribution in [0.3, 0.4) is 0 Å². The zero-order chi connectivity index (χ0) is 14.5. The van der Waals surface area contributed by atoms with Gasteiger partial charge in [-0.15, -0.1) is 0 Å². The summed E-state index contributed by atoms with van der Waals surface area (Å²) in [5.74, 6) is -0.852. The first-order chi connectivity index (χ1) is 9.58. The molecule has 2 aromatic carbocycles. The van der Waals surface area contributed by atoms with Crippen LogP contribution in [0.15, 0.2) is 48.5 Å². The maximum absolute atomic E-state index is 11.5. The number of carboxylic acid groups (broad SMARTS) is 1. The van der Waals surface area contributed by atoms with Gasteiger partial charge in [-0.1, -0.05) is 54.1 Å². The Morgan fingerprint density at radius 3 is 2.50 bits per heavy atom. The average molecular weight is 269 g/mol.